The van der Waals surface area contributed by atoms with Crippen LogP contribution in [0.3, 0.4) is 0 Å². The summed E-state index contributed by atoms with van der Waals surface area (Å²) in [4.78, 5) is 43.9. The molecule has 6 N–H and O–H groups in total. The van der Waals surface area contributed by atoms with E-state index in [1.54, 1.807) is 0 Å². The number of carboxylic acid groups (broad SMARTS) is 1. The van der Waals surface area contributed by atoms with Crippen LogP contribution in [0.2, 0.25) is 0 Å². The number of hydrogen-bond donors (Lipinski definition) is 5. The number of carbonyl (C=O) groups is 3. The van der Waals surface area contributed by atoms with Gasteiger partial charge in [0.05, 0.1) is 18.5 Å². The number of carboxylic acids is 1. The molecule has 2 heterocycles. The van der Waals surface area contributed by atoms with E-state index in [-0.39, 0.29) is 13.0 Å². The number of amides is 2. The van der Waals surface area contributed by atoms with Gasteiger partial charge in [0, 0.05) is 24.9 Å². The van der Waals surface area contributed by atoms with Gasteiger partial charge < -0.3 is 31.1 Å². The number of H-pyrrole nitrogens is 1. The summed E-state index contributed by atoms with van der Waals surface area (Å²) in [6.45, 7) is 1.63. The van der Waals surface area contributed by atoms with Crippen molar-refractivity contribution in [3.05, 3.63) is 18.2 Å². The van der Waals surface area contributed by atoms with E-state index < -0.39 is 42.0 Å². The number of nitrogens with two attached hydrogens (primary N) is 1. The molecule has 1 aliphatic heterocycles. The van der Waals surface area contributed by atoms with Gasteiger partial charge in [0.25, 0.3) is 0 Å². The van der Waals surface area contributed by atoms with Gasteiger partial charge in [0.15, 0.2) is 0 Å². The number of likely N-dealkylation sites (tertiary alicyclic amines) is 1. The summed E-state index contributed by atoms with van der Waals surface area (Å²) in [5.41, 5.74) is 6.49. The molecule has 1 aromatic heterocycles. The number of aliphatic carboxylic acids is 1. The average molecular weight is 353 g/mol. The lowest BCUT2D eigenvalue weighted by atomic mass is 10.1. The SMILES string of the molecule is C[C@@H](O)[C@H](NC(=O)[C@@H](N)Cc1cnc[nH]1)C(=O)N1CCC[C@@H]1C(=O)O. The van der Waals surface area contributed by atoms with Crippen molar-refractivity contribution >= 4 is 17.8 Å². The van der Waals surface area contributed by atoms with Crippen LogP contribution < -0.4 is 11.1 Å². The van der Waals surface area contributed by atoms with Crippen molar-refractivity contribution in [3.8, 4) is 0 Å². The van der Waals surface area contributed by atoms with E-state index >= 15 is 0 Å². The minimum atomic E-state index is -1.25. The number of nitrogens with one attached hydrogen (secondary N) is 2. The maximum absolute atomic E-state index is 12.6. The molecule has 0 saturated carbocycles. The number of aromatic amines is 1. The smallest absolute Gasteiger partial charge is 0.326 e. The van der Waals surface area contributed by atoms with Gasteiger partial charge in [-0.05, 0) is 19.8 Å². The highest BCUT2D eigenvalue weighted by atomic mass is 16.4. The van der Waals surface area contributed by atoms with Gasteiger partial charge in [-0.2, -0.15) is 0 Å². The molecular weight excluding hydrogens is 330 g/mol. The van der Waals surface area contributed by atoms with E-state index in [4.69, 9.17) is 5.73 Å². The zero-order valence-corrected chi connectivity index (χ0v) is 13.9. The van der Waals surface area contributed by atoms with E-state index in [2.05, 4.69) is 15.3 Å². The number of aliphatic hydroxyl groups is 1. The highest BCUT2D eigenvalue weighted by molar-refractivity contribution is 5.92. The molecule has 0 spiro atoms. The van der Waals surface area contributed by atoms with Crippen molar-refractivity contribution < 1.29 is 24.6 Å². The normalized spacial score (nSPS) is 20.8. The van der Waals surface area contributed by atoms with Crippen molar-refractivity contribution in [1.29, 1.82) is 0 Å². The van der Waals surface area contributed by atoms with E-state index in [0.29, 0.717) is 18.5 Å². The topological polar surface area (TPSA) is 162 Å². The second-order valence-corrected chi connectivity index (χ2v) is 6.14. The first-order valence-corrected chi connectivity index (χ1v) is 8.05. The summed E-state index contributed by atoms with van der Waals surface area (Å²) in [5.74, 6) is -2.33. The van der Waals surface area contributed by atoms with Gasteiger partial charge in [-0.3, -0.25) is 9.59 Å². The molecule has 1 fully saturated rings. The van der Waals surface area contributed by atoms with Crippen LogP contribution in [0.4, 0.5) is 0 Å². The average Bonchev–Trinajstić information content (AvgIpc) is 3.22. The molecule has 25 heavy (non-hydrogen) atoms. The maximum atomic E-state index is 12.6. The second-order valence-electron chi connectivity index (χ2n) is 6.14. The number of nitrogens with zero attached hydrogens (tertiary/aromatic N) is 2. The van der Waals surface area contributed by atoms with Gasteiger partial charge in [0.2, 0.25) is 11.8 Å². The first kappa shape index (κ1) is 18.9. The fourth-order valence-electron chi connectivity index (χ4n) is 2.84. The molecule has 1 aliphatic rings. The van der Waals surface area contributed by atoms with E-state index in [1.165, 1.54) is 24.3 Å². The third-order valence-corrected chi connectivity index (χ3v) is 4.20. The van der Waals surface area contributed by atoms with Gasteiger partial charge in [-0.25, -0.2) is 9.78 Å². The molecule has 0 bridgehead atoms. The summed E-state index contributed by atoms with van der Waals surface area (Å²) in [5, 5.41) is 21.5. The highest BCUT2D eigenvalue weighted by Crippen LogP contribution is 2.19. The molecule has 0 aliphatic carbocycles. The number of aliphatic hydroxyl groups excluding tert-OH is 1. The van der Waals surface area contributed by atoms with Crippen molar-refractivity contribution in [2.24, 2.45) is 5.73 Å². The van der Waals surface area contributed by atoms with Gasteiger partial charge >= 0.3 is 5.97 Å². The number of hydrogen-bond acceptors (Lipinski definition) is 6. The van der Waals surface area contributed by atoms with E-state index in [0.717, 1.165) is 0 Å². The Morgan fingerprint density at radius 3 is 2.80 bits per heavy atom. The number of aromatic nitrogens is 2. The molecular formula is C15H23N5O5. The largest absolute Gasteiger partial charge is 0.480 e. The van der Waals surface area contributed by atoms with Gasteiger partial charge in [-0.1, -0.05) is 0 Å². The Balaban J connectivity index is 2.03. The summed E-state index contributed by atoms with van der Waals surface area (Å²) in [6.07, 6.45) is 2.90. The minimum absolute atomic E-state index is 0.189. The predicted octanol–water partition coefficient (Wildman–Crippen LogP) is -1.78. The van der Waals surface area contributed by atoms with E-state index in [1.807, 2.05) is 0 Å². The first-order chi connectivity index (χ1) is 11.8. The van der Waals surface area contributed by atoms with Crippen molar-refractivity contribution in [2.45, 2.75) is 50.4 Å². The molecule has 0 unspecified atom stereocenters. The highest BCUT2D eigenvalue weighted by Gasteiger charge is 2.39. The Morgan fingerprint density at radius 2 is 2.24 bits per heavy atom. The van der Waals surface area contributed by atoms with Gasteiger partial charge in [-0.15, -0.1) is 0 Å². The first-order valence-electron chi connectivity index (χ1n) is 8.05. The Bertz CT molecular complexity index is 618. The Kier molecular flexibility index (Phi) is 6.10. The summed E-state index contributed by atoms with van der Waals surface area (Å²) in [7, 11) is 0. The van der Waals surface area contributed by atoms with Crippen LogP contribution in [0.15, 0.2) is 12.5 Å². The Morgan fingerprint density at radius 1 is 1.52 bits per heavy atom. The third-order valence-electron chi connectivity index (χ3n) is 4.20. The summed E-state index contributed by atoms with van der Waals surface area (Å²) >= 11 is 0. The van der Waals surface area contributed by atoms with Crippen LogP contribution in [0.25, 0.3) is 0 Å². The quantitative estimate of drug-likeness (QED) is 0.387. The lowest BCUT2D eigenvalue weighted by Crippen LogP contribution is -2.58. The lowest BCUT2D eigenvalue weighted by molar-refractivity contribution is -0.150. The zero-order chi connectivity index (χ0) is 18.6. The fourth-order valence-corrected chi connectivity index (χ4v) is 2.84. The van der Waals surface area contributed by atoms with Crippen molar-refractivity contribution in [3.63, 3.8) is 0 Å². The maximum Gasteiger partial charge on any atom is 0.326 e. The third kappa shape index (κ3) is 4.54. The molecule has 10 nitrogen and oxygen atoms in total. The molecule has 2 amide bonds. The molecule has 1 saturated heterocycles. The predicted molar refractivity (Wildman–Crippen MR) is 86.2 cm³/mol. The number of carbonyl (C=O) groups excluding carboxylic acids is 2. The molecule has 4 atom stereocenters. The van der Waals surface area contributed by atoms with Gasteiger partial charge in [0.1, 0.15) is 12.1 Å². The zero-order valence-electron chi connectivity index (χ0n) is 13.9. The minimum Gasteiger partial charge on any atom is -0.480 e. The van der Waals surface area contributed by atoms with Crippen LogP contribution in [0.1, 0.15) is 25.5 Å². The number of imidazole rings is 1. The Labute approximate surface area is 144 Å². The Hall–Kier alpha value is -2.46. The standard InChI is InChI=1S/C15H23N5O5/c1-8(21)12(14(23)20-4-2-3-11(20)15(24)25)19-13(22)10(16)5-9-6-17-7-18-9/h6-8,10-12,21H,2-5,16H2,1H3,(H,17,18)(H,19,22)(H,24,25)/t8-,10+,11-,12+/m1/s1. The molecule has 1 aromatic rings. The monoisotopic (exact) mass is 353 g/mol. The van der Waals surface area contributed by atoms with Crippen LogP contribution in [-0.2, 0) is 20.8 Å². The van der Waals surface area contributed by atoms with Crippen molar-refractivity contribution in [1.82, 2.24) is 20.2 Å². The van der Waals surface area contributed by atoms with Crippen LogP contribution in [-0.4, -0.2) is 73.6 Å². The lowest BCUT2D eigenvalue weighted by Gasteiger charge is -2.29. The summed E-state index contributed by atoms with van der Waals surface area (Å²) < 4.78 is 0. The van der Waals surface area contributed by atoms with Crippen molar-refractivity contribution in [2.75, 3.05) is 6.54 Å². The van der Waals surface area contributed by atoms with E-state index in [9.17, 15) is 24.6 Å². The number of rotatable bonds is 7. The van der Waals surface area contributed by atoms with Crippen LogP contribution in [0, 0.1) is 0 Å². The summed E-state index contributed by atoms with van der Waals surface area (Å²) in [6, 6.07) is -3.13. The second kappa shape index (κ2) is 8.08. The molecule has 0 aromatic carbocycles. The van der Waals surface area contributed by atoms with Crippen LogP contribution >= 0.6 is 0 Å². The molecule has 10 heteroatoms. The fraction of sp³-hybridized carbons (Fsp3) is 0.600. The van der Waals surface area contributed by atoms with Crippen LogP contribution in [0.5, 0.6) is 0 Å². The molecule has 0 radical (unpaired) electrons. The molecule has 138 valence electrons. The molecule has 2 rings (SSSR count).